The van der Waals surface area contributed by atoms with E-state index in [0.717, 1.165) is 22.0 Å². The first-order chi connectivity index (χ1) is 15.1. The van der Waals surface area contributed by atoms with Gasteiger partial charge in [-0.2, -0.15) is 0 Å². The summed E-state index contributed by atoms with van der Waals surface area (Å²) in [5.74, 6) is 1.36. The van der Waals surface area contributed by atoms with E-state index in [9.17, 15) is 9.59 Å². The lowest BCUT2D eigenvalue weighted by Gasteiger charge is -2.28. The molecule has 3 aromatic rings. The maximum atomic E-state index is 12.8. The molecule has 2 heterocycles. The number of ether oxygens (including phenoxy) is 1. The minimum Gasteiger partial charge on any atom is -0.497 e. The number of methoxy groups -OCH3 is 1. The summed E-state index contributed by atoms with van der Waals surface area (Å²) in [6.45, 7) is 0.623. The number of urea groups is 1. The van der Waals surface area contributed by atoms with Crippen LogP contribution in [-0.2, 0) is 11.2 Å². The summed E-state index contributed by atoms with van der Waals surface area (Å²) in [4.78, 5) is 31.1. The van der Waals surface area contributed by atoms with Crippen LogP contribution in [0.15, 0.2) is 71.9 Å². The minimum atomic E-state index is -0.196. The van der Waals surface area contributed by atoms with Gasteiger partial charge in [0.1, 0.15) is 10.8 Å². The highest BCUT2D eigenvalue weighted by molar-refractivity contribution is 7.99. The second-order valence-corrected chi connectivity index (χ2v) is 8.00. The summed E-state index contributed by atoms with van der Waals surface area (Å²) in [5, 5.41) is 6.64. The van der Waals surface area contributed by atoms with E-state index in [1.807, 2.05) is 42.5 Å². The van der Waals surface area contributed by atoms with E-state index >= 15 is 0 Å². The molecule has 0 radical (unpaired) electrons. The first-order valence-corrected chi connectivity index (χ1v) is 10.8. The van der Waals surface area contributed by atoms with Crippen LogP contribution >= 0.6 is 11.8 Å². The topological polar surface area (TPSA) is 83.6 Å². The molecule has 1 aliphatic heterocycles. The van der Waals surface area contributed by atoms with Crippen molar-refractivity contribution in [3.8, 4) is 5.75 Å². The molecule has 1 aromatic heterocycles. The zero-order valence-corrected chi connectivity index (χ0v) is 17.8. The number of thioether (sulfide) groups is 1. The fourth-order valence-corrected chi connectivity index (χ4v) is 4.18. The number of carbonyl (C=O) groups is 2. The molecule has 4 rings (SSSR count). The fourth-order valence-electron chi connectivity index (χ4n) is 3.25. The largest absolute Gasteiger partial charge is 0.497 e. The van der Waals surface area contributed by atoms with Gasteiger partial charge in [-0.1, -0.05) is 18.2 Å². The Balaban J connectivity index is 1.35. The summed E-state index contributed by atoms with van der Waals surface area (Å²) in [6.07, 6.45) is 1.96. The van der Waals surface area contributed by atoms with E-state index in [4.69, 9.17) is 4.74 Å². The summed E-state index contributed by atoms with van der Waals surface area (Å²) in [5.41, 5.74) is 3.03. The Morgan fingerprint density at radius 3 is 2.71 bits per heavy atom. The van der Waals surface area contributed by atoms with Crippen molar-refractivity contribution < 1.29 is 14.3 Å². The van der Waals surface area contributed by atoms with Gasteiger partial charge in [-0.3, -0.25) is 9.69 Å². The molecule has 2 N–H and O–H groups in total. The molecule has 0 fully saturated rings. The Morgan fingerprint density at radius 2 is 1.90 bits per heavy atom. The first kappa shape index (κ1) is 20.7. The molecule has 0 saturated carbocycles. The van der Waals surface area contributed by atoms with Crippen molar-refractivity contribution in [2.75, 3.05) is 34.9 Å². The van der Waals surface area contributed by atoms with Crippen LogP contribution in [0.2, 0.25) is 0 Å². The lowest BCUT2D eigenvalue weighted by atomic mass is 10.1. The van der Waals surface area contributed by atoms with Gasteiger partial charge in [-0.15, -0.1) is 11.8 Å². The summed E-state index contributed by atoms with van der Waals surface area (Å²) in [6, 6.07) is 18.0. The van der Waals surface area contributed by atoms with Gasteiger partial charge in [0.05, 0.1) is 19.2 Å². The quantitative estimate of drug-likeness (QED) is 0.621. The third-order valence-corrected chi connectivity index (χ3v) is 5.74. The second-order valence-electron chi connectivity index (χ2n) is 6.91. The normalized spacial score (nSPS) is 12.6. The molecule has 0 unspecified atom stereocenters. The maximum Gasteiger partial charge on any atom is 0.326 e. The zero-order chi connectivity index (χ0) is 21.6. The highest BCUT2D eigenvalue weighted by Gasteiger charge is 2.23. The van der Waals surface area contributed by atoms with Gasteiger partial charge in [-0.25, -0.2) is 9.78 Å². The molecule has 0 aliphatic carbocycles. The number of hydrogen-bond acceptors (Lipinski definition) is 5. The molecule has 7 nitrogen and oxygen atoms in total. The van der Waals surface area contributed by atoms with Gasteiger partial charge in [0, 0.05) is 35.9 Å². The smallest absolute Gasteiger partial charge is 0.326 e. The third-order valence-electron chi connectivity index (χ3n) is 4.76. The zero-order valence-electron chi connectivity index (χ0n) is 17.0. The SMILES string of the molecule is COc1cccc(NC(=O)Cc2ccc(NC(=O)N3CCSc4ncccc43)cc2)c1. The predicted molar refractivity (Wildman–Crippen MR) is 123 cm³/mol. The molecule has 3 amide bonds. The number of fused-ring (bicyclic) bond motifs is 1. The van der Waals surface area contributed by atoms with Gasteiger partial charge in [0.2, 0.25) is 5.91 Å². The lowest BCUT2D eigenvalue weighted by molar-refractivity contribution is -0.115. The molecule has 8 heteroatoms. The van der Waals surface area contributed by atoms with Crippen molar-refractivity contribution in [2.24, 2.45) is 0 Å². The first-order valence-electron chi connectivity index (χ1n) is 9.81. The number of aromatic nitrogens is 1. The van der Waals surface area contributed by atoms with Crippen LogP contribution < -0.4 is 20.3 Å². The third kappa shape index (κ3) is 5.16. The molecule has 31 heavy (non-hydrogen) atoms. The number of rotatable bonds is 5. The Morgan fingerprint density at radius 1 is 1.06 bits per heavy atom. The minimum absolute atomic E-state index is 0.125. The van der Waals surface area contributed by atoms with Crippen LogP contribution in [0, 0.1) is 0 Å². The van der Waals surface area contributed by atoms with Crippen LogP contribution in [0.3, 0.4) is 0 Å². The Hall–Kier alpha value is -3.52. The molecule has 1 aliphatic rings. The molecule has 0 spiro atoms. The van der Waals surface area contributed by atoms with Crippen molar-refractivity contribution in [2.45, 2.75) is 11.4 Å². The Bertz CT molecular complexity index is 1090. The van der Waals surface area contributed by atoms with Gasteiger partial charge >= 0.3 is 6.03 Å². The summed E-state index contributed by atoms with van der Waals surface area (Å²) < 4.78 is 5.17. The average Bonchev–Trinajstić information content (AvgIpc) is 2.80. The summed E-state index contributed by atoms with van der Waals surface area (Å²) >= 11 is 1.65. The molecular weight excluding hydrogens is 412 g/mol. The maximum absolute atomic E-state index is 12.8. The number of hydrogen-bond donors (Lipinski definition) is 2. The Labute approximate surface area is 184 Å². The number of nitrogens with one attached hydrogen (secondary N) is 2. The highest BCUT2D eigenvalue weighted by Crippen LogP contribution is 2.32. The summed E-state index contributed by atoms with van der Waals surface area (Å²) in [7, 11) is 1.58. The van der Waals surface area contributed by atoms with Crippen LogP contribution in [0.25, 0.3) is 0 Å². The van der Waals surface area contributed by atoms with Gasteiger partial charge in [0.15, 0.2) is 0 Å². The number of anilines is 3. The molecule has 0 atom stereocenters. The van der Waals surface area contributed by atoms with Gasteiger partial charge in [-0.05, 0) is 42.0 Å². The van der Waals surface area contributed by atoms with E-state index in [-0.39, 0.29) is 18.4 Å². The van der Waals surface area contributed by atoms with Crippen LogP contribution in [-0.4, -0.2) is 36.3 Å². The van der Waals surface area contributed by atoms with Crippen molar-refractivity contribution in [1.82, 2.24) is 4.98 Å². The predicted octanol–water partition coefficient (Wildman–Crippen LogP) is 4.42. The van der Waals surface area contributed by atoms with Crippen molar-refractivity contribution >= 4 is 40.8 Å². The van der Waals surface area contributed by atoms with Gasteiger partial charge in [0.25, 0.3) is 0 Å². The van der Waals surface area contributed by atoms with Crippen molar-refractivity contribution in [1.29, 1.82) is 0 Å². The number of pyridine rings is 1. The van der Waals surface area contributed by atoms with Crippen LogP contribution in [0.5, 0.6) is 5.75 Å². The Kier molecular flexibility index (Phi) is 6.37. The van der Waals surface area contributed by atoms with E-state index in [0.29, 0.717) is 23.7 Å². The van der Waals surface area contributed by atoms with Crippen molar-refractivity contribution in [3.63, 3.8) is 0 Å². The average molecular weight is 435 g/mol. The number of carbonyl (C=O) groups excluding carboxylic acids is 2. The molecule has 0 bridgehead atoms. The molecule has 2 aromatic carbocycles. The van der Waals surface area contributed by atoms with E-state index in [1.165, 1.54) is 0 Å². The van der Waals surface area contributed by atoms with Crippen LogP contribution in [0.4, 0.5) is 21.9 Å². The monoisotopic (exact) mass is 434 g/mol. The van der Waals surface area contributed by atoms with E-state index < -0.39 is 0 Å². The standard InChI is InChI=1S/C23H22N4O3S/c1-30-19-5-2-4-18(15-19)25-21(28)14-16-7-9-17(10-8-16)26-23(29)27-12-13-31-22-20(27)6-3-11-24-22/h2-11,15H,12-14H2,1H3,(H,25,28)(H,26,29). The molecule has 0 saturated heterocycles. The molecular formula is C23H22N4O3S. The second kappa shape index (κ2) is 9.53. The number of nitrogens with zero attached hydrogens (tertiary/aromatic N) is 2. The highest BCUT2D eigenvalue weighted by atomic mass is 32.2. The van der Waals surface area contributed by atoms with Crippen molar-refractivity contribution in [3.05, 3.63) is 72.4 Å². The molecule has 158 valence electrons. The van der Waals surface area contributed by atoms with E-state index in [2.05, 4.69) is 15.6 Å². The fraction of sp³-hybridized carbons (Fsp3) is 0.174. The number of amides is 3. The van der Waals surface area contributed by atoms with E-state index in [1.54, 1.807) is 48.2 Å². The number of benzene rings is 2. The lowest BCUT2D eigenvalue weighted by Crippen LogP contribution is -2.38. The van der Waals surface area contributed by atoms with Gasteiger partial charge < -0.3 is 15.4 Å². The van der Waals surface area contributed by atoms with Crippen LogP contribution in [0.1, 0.15) is 5.56 Å².